The van der Waals surface area contributed by atoms with Crippen LogP contribution in [0.2, 0.25) is 0 Å². The second kappa shape index (κ2) is 9.60. The first-order valence-electron chi connectivity index (χ1n) is 8.22. The smallest absolute Gasteiger partial charge is 0.238 e. The lowest BCUT2D eigenvalue weighted by molar-refractivity contribution is -0.116. The molecule has 0 aliphatic rings. The maximum atomic E-state index is 11.6. The molecule has 0 fully saturated rings. The fourth-order valence-electron chi connectivity index (χ4n) is 2.48. The molecular weight excluding hydrogens is 360 g/mol. The topological polar surface area (TPSA) is 124 Å². The van der Waals surface area contributed by atoms with E-state index < -0.39 is 11.8 Å². The van der Waals surface area contributed by atoms with Gasteiger partial charge in [-0.3, -0.25) is 9.59 Å². The summed E-state index contributed by atoms with van der Waals surface area (Å²) in [6.45, 7) is 0. The molecular formula is C20H18N4O4. The van der Waals surface area contributed by atoms with Crippen LogP contribution in [0.1, 0.15) is 12.8 Å². The summed E-state index contributed by atoms with van der Waals surface area (Å²) < 4.78 is 10.7. The normalized spacial score (nSPS) is 9.57. The Labute approximate surface area is 162 Å². The van der Waals surface area contributed by atoms with Crippen molar-refractivity contribution in [2.75, 3.05) is 24.9 Å². The van der Waals surface area contributed by atoms with Crippen molar-refractivity contribution in [2.45, 2.75) is 12.8 Å². The summed E-state index contributed by atoms with van der Waals surface area (Å²) in [6.07, 6.45) is -0.498. The van der Waals surface area contributed by atoms with Gasteiger partial charge in [-0.25, -0.2) is 0 Å². The number of hydrogen-bond donors (Lipinski definition) is 2. The molecule has 0 aromatic heterocycles. The molecule has 28 heavy (non-hydrogen) atoms. The van der Waals surface area contributed by atoms with Crippen molar-refractivity contribution in [1.82, 2.24) is 0 Å². The van der Waals surface area contributed by atoms with E-state index >= 15 is 0 Å². The summed E-state index contributed by atoms with van der Waals surface area (Å²) in [5.74, 6) is 0.0312. The fraction of sp³-hybridized carbons (Fsp3) is 0.200. The molecule has 0 radical (unpaired) electrons. The number of hydrogen-bond acceptors (Lipinski definition) is 6. The van der Waals surface area contributed by atoms with E-state index in [9.17, 15) is 9.59 Å². The number of carbonyl (C=O) groups excluding carboxylic acids is 2. The van der Waals surface area contributed by atoms with Crippen LogP contribution >= 0.6 is 0 Å². The number of rotatable bonds is 7. The van der Waals surface area contributed by atoms with Gasteiger partial charge in [0.1, 0.15) is 24.3 Å². The molecule has 0 bridgehead atoms. The van der Waals surface area contributed by atoms with E-state index in [0.717, 1.165) is 11.1 Å². The summed E-state index contributed by atoms with van der Waals surface area (Å²) in [7, 11) is 2.96. The lowest BCUT2D eigenvalue weighted by Gasteiger charge is -2.14. The van der Waals surface area contributed by atoms with Gasteiger partial charge in [0.2, 0.25) is 11.8 Å². The SMILES string of the molecule is COc1cc(-c2ccc(NC(=O)CC#N)c(OC)c2)ccc1NC(=O)CC#N. The van der Waals surface area contributed by atoms with Crippen LogP contribution in [-0.4, -0.2) is 26.0 Å². The van der Waals surface area contributed by atoms with Crippen molar-refractivity contribution in [1.29, 1.82) is 10.5 Å². The molecule has 2 amide bonds. The Bertz CT molecular complexity index is 894. The molecule has 142 valence electrons. The van der Waals surface area contributed by atoms with E-state index in [1.54, 1.807) is 48.5 Å². The molecule has 0 aliphatic carbocycles. The number of carbonyl (C=O) groups is 2. The maximum Gasteiger partial charge on any atom is 0.238 e. The molecule has 8 heteroatoms. The van der Waals surface area contributed by atoms with Crippen LogP contribution in [0.5, 0.6) is 11.5 Å². The van der Waals surface area contributed by atoms with Crippen LogP contribution in [0.3, 0.4) is 0 Å². The minimum Gasteiger partial charge on any atom is -0.495 e. The van der Waals surface area contributed by atoms with Crippen LogP contribution in [0.25, 0.3) is 11.1 Å². The number of nitriles is 2. The lowest BCUT2D eigenvalue weighted by Crippen LogP contribution is -2.11. The number of nitrogens with zero attached hydrogens (tertiary/aromatic N) is 2. The van der Waals surface area contributed by atoms with Gasteiger partial charge >= 0.3 is 0 Å². The van der Waals surface area contributed by atoms with Crippen LogP contribution in [0.4, 0.5) is 11.4 Å². The van der Waals surface area contributed by atoms with E-state index in [0.29, 0.717) is 22.9 Å². The predicted molar refractivity (Wildman–Crippen MR) is 103 cm³/mol. The summed E-state index contributed by atoms with van der Waals surface area (Å²) in [5, 5.41) is 22.4. The van der Waals surface area contributed by atoms with Gasteiger partial charge in [0.25, 0.3) is 0 Å². The summed E-state index contributed by atoms with van der Waals surface area (Å²) in [4.78, 5) is 23.3. The zero-order valence-corrected chi connectivity index (χ0v) is 15.4. The van der Waals surface area contributed by atoms with E-state index in [-0.39, 0.29) is 12.8 Å². The Morgan fingerprint density at radius 3 is 1.54 bits per heavy atom. The minimum atomic E-state index is -0.423. The first kappa shape index (κ1) is 20.3. The highest BCUT2D eigenvalue weighted by Gasteiger charge is 2.12. The average molecular weight is 378 g/mol. The Kier molecular flexibility index (Phi) is 6.95. The average Bonchev–Trinajstić information content (AvgIpc) is 2.69. The maximum absolute atomic E-state index is 11.6. The highest BCUT2D eigenvalue weighted by molar-refractivity contribution is 5.95. The lowest BCUT2D eigenvalue weighted by atomic mass is 10.0. The first-order chi connectivity index (χ1) is 13.5. The van der Waals surface area contributed by atoms with Crippen molar-refractivity contribution in [3.8, 4) is 34.8 Å². The van der Waals surface area contributed by atoms with E-state index in [4.69, 9.17) is 20.0 Å². The minimum absolute atomic E-state index is 0.249. The largest absolute Gasteiger partial charge is 0.495 e. The van der Waals surface area contributed by atoms with Crippen molar-refractivity contribution in [3.05, 3.63) is 36.4 Å². The summed E-state index contributed by atoms with van der Waals surface area (Å²) >= 11 is 0. The van der Waals surface area contributed by atoms with Crippen LogP contribution in [-0.2, 0) is 9.59 Å². The third-order valence-corrected chi connectivity index (χ3v) is 3.76. The number of ether oxygens (including phenoxy) is 2. The molecule has 0 aliphatic heterocycles. The predicted octanol–water partition coefficient (Wildman–Crippen LogP) is 3.08. The molecule has 0 saturated heterocycles. The second-order valence-corrected chi connectivity index (χ2v) is 5.60. The number of anilines is 2. The summed E-state index contributed by atoms with van der Waals surface area (Å²) in [5.41, 5.74) is 2.50. The van der Waals surface area contributed by atoms with Gasteiger partial charge in [-0.05, 0) is 35.4 Å². The molecule has 2 aromatic rings. The summed E-state index contributed by atoms with van der Waals surface area (Å²) in [6, 6.07) is 14.0. The molecule has 0 saturated carbocycles. The van der Waals surface area contributed by atoms with Gasteiger partial charge < -0.3 is 20.1 Å². The molecule has 0 heterocycles. The second-order valence-electron chi connectivity index (χ2n) is 5.60. The molecule has 2 N–H and O–H groups in total. The van der Waals surface area contributed by atoms with Crippen molar-refractivity contribution in [3.63, 3.8) is 0 Å². The monoisotopic (exact) mass is 378 g/mol. The zero-order valence-electron chi connectivity index (χ0n) is 15.4. The third-order valence-electron chi connectivity index (χ3n) is 3.76. The van der Waals surface area contributed by atoms with Gasteiger partial charge in [0, 0.05) is 0 Å². The molecule has 8 nitrogen and oxygen atoms in total. The van der Waals surface area contributed by atoms with Crippen molar-refractivity contribution < 1.29 is 19.1 Å². The molecule has 0 atom stereocenters. The molecule has 2 aromatic carbocycles. The quantitative estimate of drug-likeness (QED) is 0.763. The Hall–Kier alpha value is -4.04. The third kappa shape index (κ3) is 4.99. The Morgan fingerprint density at radius 1 is 0.821 bits per heavy atom. The number of amides is 2. The van der Waals surface area contributed by atoms with Gasteiger partial charge in [-0.2, -0.15) is 10.5 Å². The fourth-order valence-corrected chi connectivity index (χ4v) is 2.48. The standard InChI is InChI=1S/C20H18N4O4/c1-27-17-11-13(3-5-15(17)23-19(25)7-9-21)14-4-6-16(18(12-14)28-2)24-20(26)8-10-22/h3-6,11-12H,7-8H2,1-2H3,(H,23,25)(H,24,26). The molecule has 0 unspecified atom stereocenters. The van der Waals surface area contributed by atoms with E-state index in [1.165, 1.54) is 14.2 Å². The Morgan fingerprint density at radius 2 is 1.21 bits per heavy atom. The zero-order chi connectivity index (χ0) is 20.5. The van der Waals surface area contributed by atoms with Gasteiger partial charge in [-0.15, -0.1) is 0 Å². The van der Waals surface area contributed by atoms with Crippen LogP contribution < -0.4 is 20.1 Å². The molecule has 2 rings (SSSR count). The number of benzene rings is 2. The number of methoxy groups -OCH3 is 2. The van der Waals surface area contributed by atoms with Crippen LogP contribution in [0, 0.1) is 22.7 Å². The van der Waals surface area contributed by atoms with Gasteiger partial charge in [0.15, 0.2) is 0 Å². The van der Waals surface area contributed by atoms with Crippen molar-refractivity contribution in [2.24, 2.45) is 0 Å². The molecule has 0 spiro atoms. The van der Waals surface area contributed by atoms with Crippen LogP contribution in [0.15, 0.2) is 36.4 Å². The van der Waals surface area contributed by atoms with Crippen molar-refractivity contribution >= 4 is 23.2 Å². The van der Waals surface area contributed by atoms with E-state index in [1.807, 2.05) is 0 Å². The van der Waals surface area contributed by atoms with Gasteiger partial charge in [0.05, 0.1) is 37.7 Å². The number of nitrogens with one attached hydrogen (secondary N) is 2. The Balaban J connectivity index is 2.32. The van der Waals surface area contributed by atoms with E-state index in [2.05, 4.69) is 10.6 Å². The highest BCUT2D eigenvalue weighted by atomic mass is 16.5. The van der Waals surface area contributed by atoms with Gasteiger partial charge in [-0.1, -0.05) is 12.1 Å². The first-order valence-corrected chi connectivity index (χ1v) is 8.22. The highest BCUT2D eigenvalue weighted by Crippen LogP contribution is 2.35.